The Morgan fingerprint density at radius 2 is 1.68 bits per heavy atom. The van der Waals surface area contributed by atoms with Gasteiger partial charge in [0.05, 0.1) is 0 Å². The topological polar surface area (TPSA) is 38.8 Å². The minimum atomic E-state index is -0.0553. The fraction of sp³-hybridized carbons (Fsp3) is 0.654. The summed E-state index contributed by atoms with van der Waals surface area (Å²) < 4.78 is 0. The molecular formula is C26H40N4O. The Balaban J connectivity index is 1.33. The van der Waals surface area contributed by atoms with E-state index in [9.17, 15) is 4.79 Å². The predicted molar refractivity (Wildman–Crippen MR) is 128 cm³/mol. The lowest BCUT2D eigenvalue weighted by Crippen LogP contribution is -2.47. The van der Waals surface area contributed by atoms with E-state index >= 15 is 0 Å². The van der Waals surface area contributed by atoms with Crippen molar-refractivity contribution in [2.45, 2.75) is 59.4 Å². The van der Waals surface area contributed by atoms with Crippen molar-refractivity contribution in [1.82, 2.24) is 15.1 Å². The molecule has 0 aromatic heterocycles. The maximum atomic E-state index is 12.5. The van der Waals surface area contributed by atoms with Crippen LogP contribution in [-0.4, -0.2) is 55.1 Å². The summed E-state index contributed by atoms with van der Waals surface area (Å²) in [5.74, 6) is 0.769. The Morgan fingerprint density at radius 1 is 1.03 bits per heavy atom. The smallest absolute Gasteiger partial charge is 0.312 e. The van der Waals surface area contributed by atoms with Gasteiger partial charge in [-0.25, -0.2) is 4.79 Å². The van der Waals surface area contributed by atoms with E-state index in [1.54, 1.807) is 0 Å². The number of carbonyl (C=O) groups is 1. The minimum absolute atomic E-state index is 0.0553. The SMILES string of the molecule is C=C1CCN(c2cc(CN3CCC4(CC3)CCN(CC(C)C)CC4)ccc2C)C(=O)N1. The summed E-state index contributed by atoms with van der Waals surface area (Å²) >= 11 is 0. The van der Waals surface area contributed by atoms with Crippen LogP contribution in [0.15, 0.2) is 30.5 Å². The van der Waals surface area contributed by atoms with Crippen molar-refractivity contribution >= 4 is 11.7 Å². The van der Waals surface area contributed by atoms with Crippen LogP contribution in [0.25, 0.3) is 0 Å². The van der Waals surface area contributed by atoms with Crippen LogP contribution in [0.3, 0.4) is 0 Å². The molecule has 3 saturated heterocycles. The summed E-state index contributed by atoms with van der Waals surface area (Å²) in [7, 11) is 0. The fourth-order valence-electron chi connectivity index (χ4n) is 5.57. The van der Waals surface area contributed by atoms with Gasteiger partial charge >= 0.3 is 6.03 Å². The third-order valence-corrected chi connectivity index (χ3v) is 7.59. The van der Waals surface area contributed by atoms with Crippen LogP contribution < -0.4 is 10.2 Å². The van der Waals surface area contributed by atoms with Gasteiger partial charge in [-0.1, -0.05) is 32.6 Å². The van der Waals surface area contributed by atoms with Crippen molar-refractivity contribution in [2.24, 2.45) is 11.3 Å². The predicted octanol–water partition coefficient (Wildman–Crippen LogP) is 4.76. The summed E-state index contributed by atoms with van der Waals surface area (Å²) in [5.41, 5.74) is 4.88. The number of aryl methyl sites for hydroxylation is 1. The van der Waals surface area contributed by atoms with Crippen LogP contribution in [0.5, 0.6) is 0 Å². The van der Waals surface area contributed by atoms with Crippen LogP contribution in [0.2, 0.25) is 0 Å². The van der Waals surface area contributed by atoms with Crippen molar-refractivity contribution in [3.63, 3.8) is 0 Å². The maximum absolute atomic E-state index is 12.5. The summed E-state index contributed by atoms with van der Waals surface area (Å²) in [6.07, 6.45) is 6.21. The summed E-state index contributed by atoms with van der Waals surface area (Å²) in [5, 5.41) is 2.88. The highest BCUT2D eigenvalue weighted by molar-refractivity contribution is 5.94. The molecule has 2 amide bonds. The fourth-order valence-corrected chi connectivity index (χ4v) is 5.57. The number of benzene rings is 1. The number of carbonyl (C=O) groups excluding carboxylic acids is 1. The summed E-state index contributed by atoms with van der Waals surface area (Å²) in [4.78, 5) is 19.6. The van der Waals surface area contributed by atoms with Crippen LogP contribution in [0, 0.1) is 18.3 Å². The van der Waals surface area contributed by atoms with Crippen LogP contribution in [0.4, 0.5) is 10.5 Å². The van der Waals surface area contributed by atoms with Crippen LogP contribution >= 0.6 is 0 Å². The van der Waals surface area contributed by atoms with E-state index in [1.165, 1.54) is 64.0 Å². The zero-order valence-corrected chi connectivity index (χ0v) is 19.8. The number of piperidine rings is 2. The van der Waals surface area contributed by atoms with Gasteiger partial charge in [0.25, 0.3) is 0 Å². The van der Waals surface area contributed by atoms with Crippen molar-refractivity contribution in [3.05, 3.63) is 41.6 Å². The zero-order valence-electron chi connectivity index (χ0n) is 19.8. The van der Waals surface area contributed by atoms with E-state index in [-0.39, 0.29) is 6.03 Å². The van der Waals surface area contributed by atoms with Gasteiger partial charge in [0.2, 0.25) is 0 Å². The Hall–Kier alpha value is -1.85. The highest BCUT2D eigenvalue weighted by Gasteiger charge is 2.37. The monoisotopic (exact) mass is 424 g/mol. The molecule has 3 fully saturated rings. The standard InChI is InChI=1S/C26H40N4O/c1-20(2)18-28-13-8-26(9-14-28)10-15-29(16-11-26)19-23-6-5-21(3)24(17-23)30-12-7-22(4)27-25(30)31/h5-6,17,20H,4,7-16,18-19H2,1-3H3,(H,27,31). The van der Waals surface area contributed by atoms with Crippen molar-refractivity contribution < 1.29 is 4.79 Å². The maximum Gasteiger partial charge on any atom is 0.326 e. The van der Waals surface area contributed by atoms with E-state index in [0.717, 1.165) is 35.8 Å². The lowest BCUT2D eigenvalue weighted by Gasteiger charge is -2.47. The molecular weight excluding hydrogens is 384 g/mol. The lowest BCUT2D eigenvalue weighted by molar-refractivity contribution is 0.0291. The van der Waals surface area contributed by atoms with Gasteiger partial charge in [-0.05, 0) is 87.3 Å². The molecule has 4 rings (SSSR count). The average molecular weight is 425 g/mol. The summed E-state index contributed by atoms with van der Waals surface area (Å²) in [6.45, 7) is 18.5. The second-order valence-electron chi connectivity index (χ2n) is 10.5. The molecule has 1 aromatic rings. The minimum Gasteiger partial charge on any atom is -0.312 e. The number of nitrogens with one attached hydrogen (secondary N) is 1. The lowest BCUT2D eigenvalue weighted by atomic mass is 9.71. The first-order valence-corrected chi connectivity index (χ1v) is 12.1. The molecule has 3 aliphatic rings. The number of hydrogen-bond acceptors (Lipinski definition) is 3. The molecule has 5 nitrogen and oxygen atoms in total. The van der Waals surface area contributed by atoms with Gasteiger partial charge in [-0.2, -0.15) is 0 Å². The van der Waals surface area contributed by atoms with E-state index < -0.39 is 0 Å². The first-order chi connectivity index (χ1) is 14.8. The molecule has 0 bridgehead atoms. The number of likely N-dealkylation sites (tertiary alicyclic amines) is 2. The molecule has 0 aliphatic carbocycles. The first kappa shape index (κ1) is 22.3. The quantitative estimate of drug-likeness (QED) is 0.740. The Labute approximate surface area is 188 Å². The number of hydrogen-bond donors (Lipinski definition) is 1. The van der Waals surface area contributed by atoms with Gasteiger partial charge in [0.1, 0.15) is 0 Å². The zero-order chi connectivity index (χ0) is 22.0. The van der Waals surface area contributed by atoms with Gasteiger partial charge < -0.3 is 10.2 Å². The van der Waals surface area contributed by atoms with E-state index in [0.29, 0.717) is 12.0 Å². The third-order valence-electron chi connectivity index (χ3n) is 7.59. The van der Waals surface area contributed by atoms with Gasteiger partial charge in [-0.15, -0.1) is 0 Å². The molecule has 1 N–H and O–H groups in total. The number of amides is 2. The summed E-state index contributed by atoms with van der Waals surface area (Å²) in [6, 6.07) is 6.56. The average Bonchev–Trinajstić information content (AvgIpc) is 2.73. The molecule has 3 heterocycles. The molecule has 1 spiro atoms. The number of nitrogens with zero attached hydrogens (tertiary/aromatic N) is 3. The molecule has 0 unspecified atom stereocenters. The van der Waals surface area contributed by atoms with Gasteiger partial charge in [-0.3, -0.25) is 9.80 Å². The highest BCUT2D eigenvalue weighted by atomic mass is 16.2. The van der Waals surface area contributed by atoms with Crippen molar-refractivity contribution in [2.75, 3.05) is 44.2 Å². The van der Waals surface area contributed by atoms with Gasteiger partial charge in [0.15, 0.2) is 0 Å². The Morgan fingerprint density at radius 3 is 2.29 bits per heavy atom. The molecule has 1 aromatic carbocycles. The van der Waals surface area contributed by atoms with Crippen molar-refractivity contribution in [3.8, 4) is 0 Å². The molecule has 0 atom stereocenters. The molecule has 5 heteroatoms. The number of anilines is 1. The second kappa shape index (κ2) is 9.33. The van der Waals surface area contributed by atoms with Crippen LogP contribution in [-0.2, 0) is 6.54 Å². The first-order valence-electron chi connectivity index (χ1n) is 12.1. The van der Waals surface area contributed by atoms with E-state index in [1.807, 2.05) is 4.90 Å². The molecule has 0 saturated carbocycles. The normalized spacial score (nSPS) is 22.9. The molecule has 170 valence electrons. The van der Waals surface area contributed by atoms with E-state index in [4.69, 9.17) is 0 Å². The second-order valence-corrected chi connectivity index (χ2v) is 10.5. The van der Waals surface area contributed by atoms with E-state index in [2.05, 4.69) is 60.7 Å². The Kier molecular flexibility index (Phi) is 6.73. The number of urea groups is 1. The number of rotatable bonds is 5. The van der Waals surface area contributed by atoms with Crippen LogP contribution in [0.1, 0.15) is 57.1 Å². The largest absolute Gasteiger partial charge is 0.326 e. The Bertz CT molecular complexity index is 800. The molecule has 31 heavy (non-hydrogen) atoms. The van der Waals surface area contributed by atoms with Crippen molar-refractivity contribution in [1.29, 1.82) is 0 Å². The molecule has 0 radical (unpaired) electrons. The highest BCUT2D eigenvalue weighted by Crippen LogP contribution is 2.41. The molecule has 3 aliphatic heterocycles. The van der Waals surface area contributed by atoms with Gasteiger partial charge in [0, 0.05) is 37.4 Å². The third kappa shape index (κ3) is 5.32.